The zero-order chi connectivity index (χ0) is 13.5. The molecule has 1 unspecified atom stereocenters. The summed E-state index contributed by atoms with van der Waals surface area (Å²) in [4.78, 5) is 11.8. The molecule has 0 saturated heterocycles. The van der Waals surface area contributed by atoms with Gasteiger partial charge < -0.3 is 19.5 Å². The molecule has 0 bridgehead atoms. The Hall–Kier alpha value is -0.650. The van der Waals surface area contributed by atoms with Gasteiger partial charge in [-0.3, -0.25) is 4.79 Å². The molecule has 1 N–H and O–H groups in total. The smallest absolute Gasteiger partial charge is 0.220 e. The average Bonchev–Trinajstić information content (AvgIpc) is 2.27. The molecule has 106 valence electrons. The first-order valence-electron chi connectivity index (χ1n) is 6.57. The highest BCUT2D eigenvalue weighted by Gasteiger charge is 2.31. The molecule has 0 aromatic rings. The summed E-state index contributed by atoms with van der Waals surface area (Å²) in [5.74, 6) is 0.513. The molecule has 0 aromatic carbocycles. The predicted molar refractivity (Wildman–Crippen MR) is 68.2 cm³/mol. The average molecular weight is 259 g/mol. The lowest BCUT2D eigenvalue weighted by atomic mass is 9.80. The van der Waals surface area contributed by atoms with Crippen molar-refractivity contribution < 1.29 is 19.0 Å². The highest BCUT2D eigenvalue weighted by atomic mass is 16.7. The van der Waals surface area contributed by atoms with E-state index in [2.05, 4.69) is 5.32 Å². The van der Waals surface area contributed by atoms with Gasteiger partial charge >= 0.3 is 0 Å². The number of methoxy groups -OCH3 is 2. The van der Waals surface area contributed by atoms with Crippen LogP contribution in [0.15, 0.2) is 0 Å². The lowest BCUT2D eigenvalue weighted by Crippen LogP contribution is -2.44. The molecular weight excluding hydrogens is 234 g/mol. The number of carbonyl (C=O) groups is 1. The zero-order valence-electron chi connectivity index (χ0n) is 11.8. The topological polar surface area (TPSA) is 56.8 Å². The number of nitrogens with one attached hydrogen (secondary N) is 1. The van der Waals surface area contributed by atoms with Crippen LogP contribution in [0, 0.1) is 5.92 Å². The molecule has 1 rings (SSSR count). The molecule has 5 nitrogen and oxygen atoms in total. The lowest BCUT2D eigenvalue weighted by Gasteiger charge is -2.34. The maximum atomic E-state index is 11.8. The molecule has 0 aromatic heterocycles. The number of rotatable bonds is 8. The Kier molecular flexibility index (Phi) is 6.60. The second-order valence-electron chi connectivity index (χ2n) is 4.81. The van der Waals surface area contributed by atoms with Crippen molar-refractivity contribution in [2.75, 3.05) is 20.8 Å². The number of amides is 1. The van der Waals surface area contributed by atoms with Gasteiger partial charge in [0.15, 0.2) is 6.29 Å². The van der Waals surface area contributed by atoms with Crippen LogP contribution in [0.1, 0.15) is 33.1 Å². The van der Waals surface area contributed by atoms with Gasteiger partial charge in [-0.1, -0.05) is 0 Å². The van der Waals surface area contributed by atoms with Gasteiger partial charge in [-0.25, -0.2) is 0 Å². The number of ether oxygens (including phenoxy) is 3. The number of hydrogen-bond donors (Lipinski definition) is 1. The molecule has 1 saturated carbocycles. The van der Waals surface area contributed by atoms with Crippen molar-refractivity contribution in [3.05, 3.63) is 0 Å². The van der Waals surface area contributed by atoms with E-state index in [-0.39, 0.29) is 11.9 Å². The van der Waals surface area contributed by atoms with Gasteiger partial charge in [-0.15, -0.1) is 0 Å². The van der Waals surface area contributed by atoms with Crippen molar-refractivity contribution in [3.63, 3.8) is 0 Å². The summed E-state index contributed by atoms with van der Waals surface area (Å²) >= 11 is 0. The SMILES string of the molecule is CCOC1CC(CC(=O)NC(C)C(OC)OC)C1. The first-order chi connectivity index (χ1) is 8.60. The Balaban J connectivity index is 2.18. The molecule has 1 atom stereocenters. The summed E-state index contributed by atoms with van der Waals surface area (Å²) in [6.45, 7) is 4.63. The lowest BCUT2D eigenvalue weighted by molar-refractivity contribution is -0.137. The molecular formula is C13H25NO4. The van der Waals surface area contributed by atoms with Gasteiger partial charge in [0.1, 0.15) is 0 Å². The molecule has 0 heterocycles. The van der Waals surface area contributed by atoms with E-state index < -0.39 is 6.29 Å². The van der Waals surface area contributed by atoms with E-state index in [1.807, 2.05) is 13.8 Å². The first-order valence-corrected chi connectivity index (χ1v) is 6.57. The molecule has 0 radical (unpaired) electrons. The van der Waals surface area contributed by atoms with E-state index in [9.17, 15) is 4.79 Å². The number of hydrogen-bond acceptors (Lipinski definition) is 4. The van der Waals surface area contributed by atoms with Crippen LogP contribution in [-0.2, 0) is 19.0 Å². The van der Waals surface area contributed by atoms with Gasteiger partial charge in [0.25, 0.3) is 0 Å². The third kappa shape index (κ3) is 4.55. The van der Waals surface area contributed by atoms with Crippen LogP contribution in [0.3, 0.4) is 0 Å². The van der Waals surface area contributed by atoms with Crippen LogP contribution in [0.5, 0.6) is 0 Å². The van der Waals surface area contributed by atoms with Crippen molar-refractivity contribution in [3.8, 4) is 0 Å². The summed E-state index contributed by atoms with van der Waals surface area (Å²) in [6, 6.07) is -0.143. The summed E-state index contributed by atoms with van der Waals surface area (Å²) < 4.78 is 15.7. The maximum Gasteiger partial charge on any atom is 0.220 e. The Bertz CT molecular complexity index is 249. The van der Waals surface area contributed by atoms with Crippen LogP contribution in [0.2, 0.25) is 0 Å². The van der Waals surface area contributed by atoms with Crippen molar-refractivity contribution in [1.82, 2.24) is 5.32 Å². The van der Waals surface area contributed by atoms with Crippen LogP contribution < -0.4 is 5.32 Å². The molecule has 1 aliphatic rings. The molecule has 0 spiro atoms. The maximum absolute atomic E-state index is 11.8. The largest absolute Gasteiger partial charge is 0.378 e. The van der Waals surface area contributed by atoms with E-state index in [0.717, 1.165) is 19.4 Å². The first kappa shape index (κ1) is 15.4. The third-order valence-electron chi connectivity index (χ3n) is 3.33. The summed E-state index contributed by atoms with van der Waals surface area (Å²) in [6.07, 6.45) is 2.51. The minimum Gasteiger partial charge on any atom is -0.378 e. The Morgan fingerprint density at radius 1 is 1.33 bits per heavy atom. The molecule has 1 aliphatic carbocycles. The van der Waals surface area contributed by atoms with E-state index in [0.29, 0.717) is 18.4 Å². The molecule has 0 aliphatic heterocycles. The number of carbonyl (C=O) groups excluding carboxylic acids is 1. The second kappa shape index (κ2) is 7.71. The van der Waals surface area contributed by atoms with Crippen LogP contribution in [0.25, 0.3) is 0 Å². The van der Waals surface area contributed by atoms with Crippen molar-refractivity contribution in [2.24, 2.45) is 5.92 Å². The van der Waals surface area contributed by atoms with Crippen molar-refractivity contribution >= 4 is 5.91 Å². The Morgan fingerprint density at radius 2 is 1.94 bits per heavy atom. The summed E-state index contributed by atoms with van der Waals surface area (Å²) in [5, 5.41) is 2.90. The van der Waals surface area contributed by atoms with E-state index >= 15 is 0 Å². The van der Waals surface area contributed by atoms with Gasteiger partial charge in [0.05, 0.1) is 12.1 Å². The fraction of sp³-hybridized carbons (Fsp3) is 0.923. The quantitative estimate of drug-likeness (QED) is 0.668. The van der Waals surface area contributed by atoms with Gasteiger partial charge in [0, 0.05) is 27.2 Å². The van der Waals surface area contributed by atoms with Crippen LogP contribution in [0.4, 0.5) is 0 Å². The van der Waals surface area contributed by atoms with E-state index in [4.69, 9.17) is 14.2 Å². The molecule has 1 fully saturated rings. The Morgan fingerprint density at radius 3 is 2.44 bits per heavy atom. The molecule has 18 heavy (non-hydrogen) atoms. The second-order valence-corrected chi connectivity index (χ2v) is 4.81. The molecule has 5 heteroatoms. The fourth-order valence-corrected chi connectivity index (χ4v) is 2.36. The van der Waals surface area contributed by atoms with Gasteiger partial charge in [0.2, 0.25) is 5.91 Å². The van der Waals surface area contributed by atoms with Gasteiger partial charge in [-0.05, 0) is 32.6 Å². The minimum absolute atomic E-state index is 0.0570. The van der Waals surface area contributed by atoms with Crippen molar-refractivity contribution in [2.45, 2.75) is 51.5 Å². The van der Waals surface area contributed by atoms with E-state index in [1.165, 1.54) is 0 Å². The highest BCUT2D eigenvalue weighted by molar-refractivity contribution is 5.76. The summed E-state index contributed by atoms with van der Waals surface area (Å²) in [5.41, 5.74) is 0. The van der Waals surface area contributed by atoms with E-state index in [1.54, 1.807) is 14.2 Å². The normalized spacial score (nSPS) is 24.7. The minimum atomic E-state index is -0.397. The van der Waals surface area contributed by atoms with Crippen molar-refractivity contribution in [1.29, 1.82) is 0 Å². The monoisotopic (exact) mass is 259 g/mol. The van der Waals surface area contributed by atoms with Gasteiger partial charge in [-0.2, -0.15) is 0 Å². The summed E-state index contributed by atoms with van der Waals surface area (Å²) in [7, 11) is 3.13. The standard InChI is InChI=1S/C13H25NO4/c1-5-18-11-6-10(7-11)8-12(15)14-9(2)13(16-3)17-4/h9-11,13H,5-8H2,1-4H3,(H,14,15). The predicted octanol–water partition coefficient (Wildman–Crippen LogP) is 1.32. The third-order valence-corrected chi connectivity index (χ3v) is 3.33. The highest BCUT2D eigenvalue weighted by Crippen LogP contribution is 2.32. The molecule has 1 amide bonds. The van der Waals surface area contributed by atoms with Crippen LogP contribution in [-0.4, -0.2) is 45.2 Å². The fourth-order valence-electron chi connectivity index (χ4n) is 2.36. The van der Waals surface area contributed by atoms with Crippen LogP contribution >= 0.6 is 0 Å². The zero-order valence-corrected chi connectivity index (χ0v) is 11.8. The Labute approximate surface area is 109 Å².